The lowest BCUT2D eigenvalue weighted by Gasteiger charge is -2.49. The Kier molecular flexibility index (Phi) is 5.35. The van der Waals surface area contributed by atoms with Gasteiger partial charge in [0.1, 0.15) is 18.2 Å². The Morgan fingerprint density at radius 1 is 1.21 bits per heavy atom. The number of hydrogen-bond donors (Lipinski definition) is 1. The third-order valence-electron chi connectivity index (χ3n) is 7.68. The number of piperidine rings is 1. The lowest BCUT2D eigenvalue weighted by atomic mass is 9.84. The van der Waals surface area contributed by atoms with Crippen LogP contribution in [0.3, 0.4) is 0 Å². The molecular formula is C24H28FN7O2. The van der Waals surface area contributed by atoms with Gasteiger partial charge in [-0.15, -0.1) is 10.2 Å². The number of benzene rings is 1. The number of aromatic hydroxyl groups is 1. The fraction of sp³-hybridized carbons (Fsp3) is 0.458. The molecule has 0 amide bonds. The van der Waals surface area contributed by atoms with Gasteiger partial charge in [-0.3, -0.25) is 9.47 Å². The summed E-state index contributed by atoms with van der Waals surface area (Å²) >= 11 is 0. The van der Waals surface area contributed by atoms with Crippen molar-refractivity contribution in [2.45, 2.75) is 50.0 Å². The van der Waals surface area contributed by atoms with Crippen molar-refractivity contribution in [2.75, 3.05) is 19.0 Å². The van der Waals surface area contributed by atoms with E-state index in [1.807, 2.05) is 25.9 Å². The van der Waals surface area contributed by atoms with Crippen LogP contribution in [0.1, 0.15) is 26.2 Å². The van der Waals surface area contributed by atoms with Crippen molar-refractivity contribution >= 4 is 5.82 Å². The summed E-state index contributed by atoms with van der Waals surface area (Å²) in [5, 5.41) is 19.2. The van der Waals surface area contributed by atoms with Crippen LogP contribution in [0, 0.1) is 0 Å². The fourth-order valence-corrected chi connectivity index (χ4v) is 5.26. The summed E-state index contributed by atoms with van der Waals surface area (Å²) in [6.45, 7) is 2.01. The minimum absolute atomic E-state index is 0.0270. The van der Waals surface area contributed by atoms with Gasteiger partial charge in [0.05, 0.1) is 17.3 Å². The smallest absolute Gasteiger partial charge is 0.350 e. The summed E-state index contributed by atoms with van der Waals surface area (Å²) in [5.74, 6) is 0.795. The molecule has 1 aromatic carbocycles. The van der Waals surface area contributed by atoms with Crippen LogP contribution in [0.4, 0.5) is 10.2 Å². The molecule has 178 valence electrons. The average Bonchev–Trinajstić information content (AvgIpc) is 3.04. The molecule has 4 atom stereocenters. The molecule has 0 aliphatic carbocycles. The Bertz CT molecular complexity index is 1280. The Morgan fingerprint density at radius 2 is 2.00 bits per heavy atom. The van der Waals surface area contributed by atoms with E-state index in [1.54, 1.807) is 31.3 Å². The molecule has 5 rings (SSSR count). The summed E-state index contributed by atoms with van der Waals surface area (Å²) < 4.78 is 16.8. The maximum Gasteiger partial charge on any atom is 0.350 e. The summed E-state index contributed by atoms with van der Waals surface area (Å²) in [7, 11) is 5.46. The molecule has 2 aliphatic rings. The molecule has 2 aromatic heterocycles. The second-order valence-electron chi connectivity index (χ2n) is 9.56. The number of nitrogens with zero attached hydrogens (tertiary/aromatic N) is 7. The first-order valence-electron chi connectivity index (χ1n) is 11.4. The molecule has 0 saturated carbocycles. The van der Waals surface area contributed by atoms with Gasteiger partial charge >= 0.3 is 5.69 Å². The van der Waals surface area contributed by atoms with E-state index >= 15 is 4.39 Å². The van der Waals surface area contributed by atoms with Gasteiger partial charge in [0.2, 0.25) is 0 Å². The summed E-state index contributed by atoms with van der Waals surface area (Å²) in [5.41, 5.74) is 0.611. The molecule has 9 nitrogen and oxygen atoms in total. The second kappa shape index (κ2) is 8.12. The lowest BCUT2D eigenvalue weighted by molar-refractivity contribution is 0.00185. The van der Waals surface area contributed by atoms with Gasteiger partial charge in [0.25, 0.3) is 0 Å². The number of anilines is 1. The lowest BCUT2D eigenvalue weighted by Crippen LogP contribution is -2.62. The Morgan fingerprint density at radius 3 is 2.68 bits per heavy atom. The zero-order chi connectivity index (χ0) is 24.2. The van der Waals surface area contributed by atoms with Crippen molar-refractivity contribution in [3.8, 4) is 28.4 Å². The van der Waals surface area contributed by atoms with Crippen LogP contribution >= 0.6 is 0 Å². The van der Waals surface area contributed by atoms with Crippen LogP contribution < -0.4 is 10.6 Å². The molecule has 3 aromatic rings. The molecule has 2 bridgehead atoms. The van der Waals surface area contributed by atoms with Crippen molar-refractivity contribution in [1.29, 1.82) is 0 Å². The Hall–Kier alpha value is -3.40. The summed E-state index contributed by atoms with van der Waals surface area (Å²) in [6.07, 6.45) is 3.02. The second-order valence-corrected chi connectivity index (χ2v) is 9.56. The average molecular weight is 466 g/mol. The van der Waals surface area contributed by atoms with Gasteiger partial charge in [0, 0.05) is 31.3 Å². The summed E-state index contributed by atoms with van der Waals surface area (Å²) in [4.78, 5) is 23.9. The fourth-order valence-electron chi connectivity index (χ4n) is 5.26. The van der Waals surface area contributed by atoms with Gasteiger partial charge in [-0.1, -0.05) is 6.07 Å². The zero-order valence-electron chi connectivity index (χ0n) is 19.7. The van der Waals surface area contributed by atoms with E-state index in [0.717, 1.165) is 19.3 Å². The first-order valence-corrected chi connectivity index (χ1v) is 11.4. The first kappa shape index (κ1) is 22.4. The van der Waals surface area contributed by atoms with Crippen molar-refractivity contribution in [1.82, 2.24) is 29.6 Å². The predicted octanol–water partition coefficient (Wildman–Crippen LogP) is 2.40. The zero-order valence-corrected chi connectivity index (χ0v) is 19.7. The van der Waals surface area contributed by atoms with E-state index < -0.39 is 17.4 Å². The van der Waals surface area contributed by atoms with Gasteiger partial charge in [-0.05, 0) is 57.5 Å². The van der Waals surface area contributed by atoms with E-state index in [4.69, 9.17) is 0 Å². The van der Waals surface area contributed by atoms with Crippen molar-refractivity contribution in [3.63, 3.8) is 0 Å². The predicted molar refractivity (Wildman–Crippen MR) is 126 cm³/mol. The van der Waals surface area contributed by atoms with E-state index in [-0.39, 0.29) is 17.6 Å². The molecule has 0 radical (unpaired) electrons. The molecule has 2 saturated heterocycles. The number of hydrogen-bond acceptors (Lipinski definition) is 8. The molecule has 4 heterocycles. The minimum atomic E-state index is -0.989. The highest BCUT2D eigenvalue weighted by atomic mass is 19.1. The first-order chi connectivity index (χ1) is 16.2. The monoisotopic (exact) mass is 465 g/mol. The van der Waals surface area contributed by atoms with E-state index in [0.29, 0.717) is 28.7 Å². The van der Waals surface area contributed by atoms with Crippen molar-refractivity contribution in [3.05, 3.63) is 47.1 Å². The van der Waals surface area contributed by atoms with E-state index in [9.17, 15) is 9.90 Å². The molecular weight excluding hydrogens is 437 g/mol. The molecule has 2 aliphatic heterocycles. The van der Waals surface area contributed by atoms with Gasteiger partial charge in [0.15, 0.2) is 11.6 Å². The number of phenols is 1. The highest BCUT2D eigenvalue weighted by molar-refractivity contribution is 5.72. The standard InChI is InChI=1S/C24H28FN7O2/c1-24-10-9-15(32(24)4)12-18(21(24)25)31(3)20-8-7-17(28-29-20)16-6-5-14(11-19(16)33)22-26-13-30(2)23(34)27-22/h5-8,11,13,15,18,21,33H,9-10,12H2,1-4H3/t15-,18-,21-,24+/m1/s1. The molecule has 10 heteroatoms. The molecule has 0 spiro atoms. The highest BCUT2D eigenvalue weighted by Crippen LogP contribution is 2.46. The Labute approximate surface area is 196 Å². The molecule has 2 fully saturated rings. The van der Waals surface area contributed by atoms with Gasteiger partial charge in [-0.25, -0.2) is 14.2 Å². The van der Waals surface area contributed by atoms with Crippen LogP contribution in [0.5, 0.6) is 5.75 Å². The SMILES string of the molecule is CN(c1ccc(-c2ccc(-c3ncn(C)c(=O)n3)cc2O)nn1)[C@@H]1C[C@H]2CC[C@@](C)([C@@H]1F)N2C. The third kappa shape index (κ3) is 3.53. The van der Waals surface area contributed by atoms with Crippen molar-refractivity contribution < 1.29 is 9.50 Å². The molecule has 1 N–H and O–H groups in total. The minimum Gasteiger partial charge on any atom is -0.507 e. The van der Waals surface area contributed by atoms with Crippen LogP contribution in [-0.2, 0) is 7.05 Å². The van der Waals surface area contributed by atoms with Gasteiger partial charge in [-0.2, -0.15) is 4.98 Å². The number of phenolic OH excluding ortho intramolecular Hbond substituents is 1. The normalized spacial score (nSPS) is 26.6. The number of fused-ring (bicyclic) bond motifs is 2. The van der Waals surface area contributed by atoms with Crippen LogP contribution in [0.15, 0.2) is 41.5 Å². The topological polar surface area (TPSA) is 100 Å². The number of halogens is 1. The van der Waals surface area contributed by atoms with Crippen LogP contribution in [0.25, 0.3) is 22.6 Å². The summed E-state index contributed by atoms with van der Waals surface area (Å²) in [6, 6.07) is 8.57. The highest BCUT2D eigenvalue weighted by Gasteiger charge is 2.55. The Balaban J connectivity index is 1.37. The van der Waals surface area contributed by atoms with Crippen LogP contribution in [-0.4, -0.2) is 72.6 Å². The van der Waals surface area contributed by atoms with E-state index in [2.05, 4.69) is 25.1 Å². The third-order valence-corrected chi connectivity index (χ3v) is 7.68. The number of aryl methyl sites for hydroxylation is 1. The largest absolute Gasteiger partial charge is 0.507 e. The number of alkyl halides is 1. The van der Waals surface area contributed by atoms with Crippen molar-refractivity contribution in [2.24, 2.45) is 7.05 Å². The van der Waals surface area contributed by atoms with Crippen LogP contribution in [0.2, 0.25) is 0 Å². The van der Waals surface area contributed by atoms with Gasteiger partial charge < -0.3 is 10.0 Å². The maximum atomic E-state index is 15.5. The maximum absolute atomic E-state index is 15.5. The molecule has 34 heavy (non-hydrogen) atoms. The molecule has 0 unspecified atom stereocenters. The number of aromatic nitrogens is 5. The quantitative estimate of drug-likeness (QED) is 0.627. The number of rotatable bonds is 4. The van der Waals surface area contributed by atoms with E-state index in [1.165, 1.54) is 17.0 Å².